The number of rotatable bonds is 4. The van der Waals surface area contributed by atoms with Crippen LogP contribution in [0.1, 0.15) is 0 Å². The number of hydrogen-bond donors (Lipinski definition) is 0. The molecule has 0 saturated carbocycles. The van der Waals surface area contributed by atoms with Crippen molar-refractivity contribution in [2.75, 3.05) is 4.90 Å². The average Bonchev–Trinajstić information content (AvgIpc) is 3.92. The summed E-state index contributed by atoms with van der Waals surface area (Å²) >= 11 is 7.35. The zero-order valence-corrected chi connectivity index (χ0v) is 29.1. The highest BCUT2D eigenvalue weighted by atomic mass is 32.1. The van der Waals surface area contributed by atoms with Crippen molar-refractivity contribution in [1.82, 2.24) is 4.98 Å². The predicted octanol–water partition coefficient (Wildman–Crippen LogP) is 14.5. The highest BCUT2D eigenvalue weighted by Gasteiger charge is 2.20. The molecule has 11 rings (SSSR count). The number of hydrogen-bond acceptors (Lipinski definition) is 6. The minimum absolute atomic E-state index is 1.06. The molecule has 4 heterocycles. The second-order valence-electron chi connectivity index (χ2n) is 12.3. The smallest absolute Gasteiger partial charge is 0.124 e. The van der Waals surface area contributed by atoms with Crippen molar-refractivity contribution < 1.29 is 0 Å². The van der Waals surface area contributed by atoms with Gasteiger partial charge in [-0.1, -0.05) is 72.8 Å². The van der Waals surface area contributed by atoms with Gasteiger partial charge in [0.15, 0.2) is 0 Å². The molecule has 11 aromatic rings. The normalized spacial score (nSPS) is 12.1. The minimum atomic E-state index is 1.06. The summed E-state index contributed by atoms with van der Waals surface area (Å²) in [6.07, 6.45) is 0. The van der Waals surface area contributed by atoms with Crippen LogP contribution < -0.4 is 4.90 Å². The Labute approximate surface area is 297 Å². The standard InChI is InChI=1S/C43H24N2S4/c1-2-8-25(9-3-1)43-44-42-39(49-43)21-20-38-41(42)33-23-27(16-19-37(33)47-38)45(26-15-18-36-32(22-26)30-11-5-7-13-35(30)46-36)28-14-17-31-29-10-4-6-12-34(29)48-40(31)24-28/h1-24H. The lowest BCUT2D eigenvalue weighted by Gasteiger charge is -2.26. The Morgan fingerprint density at radius 3 is 1.69 bits per heavy atom. The predicted molar refractivity (Wildman–Crippen MR) is 218 cm³/mol. The fraction of sp³-hybridized carbons (Fsp3) is 0. The molecule has 0 unspecified atom stereocenters. The van der Waals surface area contributed by atoms with Crippen molar-refractivity contribution in [2.45, 2.75) is 0 Å². The van der Waals surface area contributed by atoms with E-state index in [0.29, 0.717) is 0 Å². The Morgan fingerprint density at radius 2 is 0.898 bits per heavy atom. The summed E-state index contributed by atoms with van der Waals surface area (Å²) in [6.45, 7) is 0. The number of aromatic nitrogens is 1. The van der Waals surface area contributed by atoms with E-state index in [9.17, 15) is 0 Å². The van der Waals surface area contributed by atoms with Gasteiger partial charge in [0.05, 0.1) is 10.2 Å². The van der Waals surface area contributed by atoms with E-state index in [2.05, 4.69) is 150 Å². The molecule has 0 N–H and O–H groups in total. The monoisotopic (exact) mass is 696 g/mol. The van der Waals surface area contributed by atoms with E-state index in [-0.39, 0.29) is 0 Å². The SMILES string of the molecule is c1ccc(-c2nc3c(ccc4sc5ccc(N(c6ccc7c(c6)sc6ccccc67)c6ccc7sc8ccccc8c7c6)cc5c43)s2)cc1. The van der Waals surface area contributed by atoms with E-state index in [0.717, 1.165) is 33.1 Å². The fourth-order valence-corrected chi connectivity index (χ4v) is 11.5. The van der Waals surface area contributed by atoms with Crippen LogP contribution in [0.4, 0.5) is 17.1 Å². The van der Waals surface area contributed by atoms with Crippen molar-refractivity contribution in [2.24, 2.45) is 0 Å². The molecule has 0 bridgehead atoms. The van der Waals surface area contributed by atoms with Crippen LogP contribution in [0, 0.1) is 0 Å². The maximum Gasteiger partial charge on any atom is 0.124 e. The fourth-order valence-electron chi connectivity index (χ4n) is 7.24. The van der Waals surface area contributed by atoms with Crippen LogP contribution in [0.25, 0.3) is 81.3 Å². The van der Waals surface area contributed by atoms with E-state index >= 15 is 0 Å². The summed E-state index contributed by atoms with van der Waals surface area (Å²) in [5.41, 5.74) is 5.70. The Kier molecular flexibility index (Phi) is 6.07. The second kappa shape index (κ2) is 10.7. The Morgan fingerprint density at radius 1 is 0.367 bits per heavy atom. The molecule has 0 aliphatic carbocycles. The molecule has 0 saturated heterocycles. The van der Waals surface area contributed by atoms with Gasteiger partial charge in [-0.2, -0.15) is 0 Å². The van der Waals surface area contributed by atoms with Gasteiger partial charge in [-0.05, 0) is 72.8 Å². The molecule has 49 heavy (non-hydrogen) atoms. The Bertz CT molecular complexity index is 3070. The lowest BCUT2D eigenvalue weighted by atomic mass is 10.1. The van der Waals surface area contributed by atoms with Gasteiger partial charge in [-0.3, -0.25) is 0 Å². The number of thiazole rings is 1. The van der Waals surface area contributed by atoms with Gasteiger partial charge >= 0.3 is 0 Å². The molecular weight excluding hydrogens is 673 g/mol. The zero-order valence-electron chi connectivity index (χ0n) is 25.9. The van der Waals surface area contributed by atoms with Crippen LogP contribution in [0.2, 0.25) is 0 Å². The van der Waals surface area contributed by atoms with Gasteiger partial charge in [0.25, 0.3) is 0 Å². The summed E-state index contributed by atoms with van der Waals surface area (Å²) < 4.78 is 9.02. The van der Waals surface area contributed by atoms with Gasteiger partial charge in [0.1, 0.15) is 5.01 Å². The van der Waals surface area contributed by atoms with Crippen molar-refractivity contribution >= 4 is 133 Å². The second-order valence-corrected chi connectivity index (χ2v) is 16.6. The van der Waals surface area contributed by atoms with Crippen molar-refractivity contribution in [3.63, 3.8) is 0 Å². The maximum absolute atomic E-state index is 5.25. The average molecular weight is 697 g/mol. The number of benzene rings is 7. The molecule has 6 heteroatoms. The van der Waals surface area contributed by atoms with Crippen LogP contribution >= 0.6 is 45.3 Å². The molecule has 0 spiro atoms. The lowest BCUT2D eigenvalue weighted by Crippen LogP contribution is -2.09. The molecule has 4 aromatic heterocycles. The molecule has 0 radical (unpaired) electrons. The third-order valence-electron chi connectivity index (χ3n) is 9.49. The highest BCUT2D eigenvalue weighted by molar-refractivity contribution is 7.27. The lowest BCUT2D eigenvalue weighted by molar-refractivity contribution is 1.30. The third-order valence-corrected chi connectivity index (χ3v) is 14.0. The Hall–Kier alpha value is -5.11. The quantitative estimate of drug-likeness (QED) is 0.182. The maximum atomic E-state index is 5.25. The van der Waals surface area contributed by atoms with Crippen molar-refractivity contribution in [3.8, 4) is 10.6 Å². The summed E-state index contributed by atoms with van der Waals surface area (Å²) in [5, 5.41) is 8.80. The summed E-state index contributed by atoms with van der Waals surface area (Å²) in [7, 11) is 0. The minimum Gasteiger partial charge on any atom is -0.310 e. The van der Waals surface area contributed by atoms with Crippen LogP contribution in [-0.4, -0.2) is 4.98 Å². The molecule has 2 nitrogen and oxygen atoms in total. The number of anilines is 3. The van der Waals surface area contributed by atoms with Gasteiger partial charge in [-0.25, -0.2) is 4.98 Å². The van der Waals surface area contributed by atoms with Crippen LogP contribution in [-0.2, 0) is 0 Å². The zero-order chi connectivity index (χ0) is 32.1. The highest BCUT2D eigenvalue weighted by Crippen LogP contribution is 2.46. The first kappa shape index (κ1) is 27.8. The van der Waals surface area contributed by atoms with Crippen LogP contribution in [0.3, 0.4) is 0 Å². The first-order chi connectivity index (χ1) is 24.2. The van der Waals surface area contributed by atoms with Gasteiger partial charge in [0.2, 0.25) is 0 Å². The largest absolute Gasteiger partial charge is 0.310 e. The van der Waals surface area contributed by atoms with Gasteiger partial charge < -0.3 is 4.90 Å². The van der Waals surface area contributed by atoms with E-state index < -0.39 is 0 Å². The molecule has 0 amide bonds. The van der Waals surface area contributed by atoms with Gasteiger partial charge in [-0.15, -0.1) is 45.3 Å². The van der Waals surface area contributed by atoms with E-state index in [1.165, 1.54) is 65.2 Å². The van der Waals surface area contributed by atoms with Crippen LogP contribution in [0.5, 0.6) is 0 Å². The Balaban J connectivity index is 1.16. The van der Waals surface area contributed by atoms with E-state index in [1.54, 1.807) is 11.3 Å². The molecular formula is C43H24N2S4. The summed E-state index contributed by atoms with van der Waals surface area (Å²) in [6, 6.07) is 53.4. The molecule has 0 atom stereocenters. The molecule has 0 fully saturated rings. The summed E-state index contributed by atoms with van der Waals surface area (Å²) in [5.74, 6) is 0. The molecule has 0 aliphatic heterocycles. The number of nitrogens with zero attached hydrogens (tertiary/aromatic N) is 2. The molecule has 7 aromatic carbocycles. The molecule has 0 aliphatic rings. The van der Waals surface area contributed by atoms with Crippen molar-refractivity contribution in [1.29, 1.82) is 0 Å². The number of fused-ring (bicyclic) bond motifs is 11. The first-order valence-electron chi connectivity index (χ1n) is 16.2. The first-order valence-corrected chi connectivity index (χ1v) is 19.5. The topological polar surface area (TPSA) is 16.1 Å². The van der Waals surface area contributed by atoms with Gasteiger partial charge in [0, 0.05) is 83.1 Å². The van der Waals surface area contributed by atoms with E-state index in [4.69, 9.17) is 4.98 Å². The van der Waals surface area contributed by atoms with Crippen LogP contribution in [0.15, 0.2) is 146 Å². The third kappa shape index (κ3) is 4.32. The summed E-state index contributed by atoms with van der Waals surface area (Å²) in [4.78, 5) is 7.69. The van der Waals surface area contributed by atoms with E-state index in [1.807, 2.05) is 34.0 Å². The van der Waals surface area contributed by atoms with Crippen molar-refractivity contribution in [3.05, 3.63) is 146 Å². The number of thiophene rings is 3. The molecule has 230 valence electrons.